The zero-order valence-electron chi connectivity index (χ0n) is 8.75. The Morgan fingerprint density at radius 2 is 2.57 bits per heavy atom. The van der Waals surface area contributed by atoms with Gasteiger partial charge in [-0.25, -0.2) is 0 Å². The number of hydrogen-bond acceptors (Lipinski definition) is 3. The van der Waals surface area contributed by atoms with Crippen LogP contribution < -0.4 is 10.6 Å². The molecule has 4 heteroatoms. The average molecular weight is 197 g/mol. The maximum absolute atomic E-state index is 11.2. The molecule has 4 nitrogen and oxygen atoms in total. The van der Waals surface area contributed by atoms with Gasteiger partial charge in [-0.3, -0.25) is 9.69 Å². The molecule has 1 rings (SSSR count). The van der Waals surface area contributed by atoms with Crippen molar-refractivity contribution in [2.75, 3.05) is 33.2 Å². The number of carbonyl (C=O) groups is 1. The summed E-state index contributed by atoms with van der Waals surface area (Å²) in [6.07, 6.45) is 2.46. The van der Waals surface area contributed by atoms with E-state index < -0.39 is 0 Å². The molecule has 1 aliphatic heterocycles. The molecule has 0 aromatic heterocycles. The van der Waals surface area contributed by atoms with Crippen molar-refractivity contribution in [2.24, 2.45) is 0 Å². The summed E-state index contributed by atoms with van der Waals surface area (Å²) in [5.74, 6) is 0.104. The van der Waals surface area contributed by atoms with Crippen LogP contribution in [0.2, 0.25) is 0 Å². The molecular formula is C10H19N3O. The van der Waals surface area contributed by atoms with E-state index in [0.717, 1.165) is 26.2 Å². The van der Waals surface area contributed by atoms with Crippen LogP contribution in [0.15, 0.2) is 12.7 Å². The van der Waals surface area contributed by atoms with Gasteiger partial charge in [0.1, 0.15) is 0 Å². The molecule has 1 amide bonds. The van der Waals surface area contributed by atoms with Crippen LogP contribution in [-0.4, -0.2) is 50.1 Å². The topological polar surface area (TPSA) is 44.4 Å². The van der Waals surface area contributed by atoms with E-state index in [4.69, 9.17) is 0 Å². The molecule has 0 spiro atoms. The second kappa shape index (κ2) is 5.78. The molecule has 1 aliphatic rings. The molecule has 1 unspecified atom stereocenters. The second-order valence-corrected chi connectivity index (χ2v) is 3.52. The summed E-state index contributed by atoms with van der Waals surface area (Å²) in [5, 5.41) is 5.95. The minimum absolute atomic E-state index is 0.104. The van der Waals surface area contributed by atoms with Crippen LogP contribution in [0.25, 0.3) is 0 Å². The molecule has 1 fully saturated rings. The van der Waals surface area contributed by atoms with Gasteiger partial charge in [-0.05, 0) is 0 Å². The highest BCUT2D eigenvalue weighted by molar-refractivity contribution is 5.76. The molecule has 14 heavy (non-hydrogen) atoms. The number of carbonyl (C=O) groups excluding carboxylic acids is 1. The van der Waals surface area contributed by atoms with Crippen LogP contribution in [0, 0.1) is 0 Å². The second-order valence-electron chi connectivity index (χ2n) is 3.52. The summed E-state index contributed by atoms with van der Waals surface area (Å²) in [6, 6.07) is 0.307. The van der Waals surface area contributed by atoms with Gasteiger partial charge in [0.25, 0.3) is 0 Å². The Kier molecular flexibility index (Phi) is 4.62. The van der Waals surface area contributed by atoms with E-state index in [1.165, 1.54) is 0 Å². The predicted octanol–water partition coefficient (Wildman–Crippen LogP) is -0.418. The van der Waals surface area contributed by atoms with Gasteiger partial charge in [0.05, 0.1) is 0 Å². The van der Waals surface area contributed by atoms with Crippen LogP contribution in [0.3, 0.4) is 0 Å². The lowest BCUT2D eigenvalue weighted by Crippen LogP contribution is -2.52. The van der Waals surface area contributed by atoms with Crippen molar-refractivity contribution in [1.29, 1.82) is 0 Å². The minimum Gasteiger partial charge on any atom is -0.359 e. The number of nitrogens with zero attached hydrogens (tertiary/aromatic N) is 1. The quantitative estimate of drug-likeness (QED) is 0.602. The lowest BCUT2D eigenvalue weighted by atomic mass is 10.1. The largest absolute Gasteiger partial charge is 0.359 e. The molecule has 80 valence electrons. The smallest absolute Gasteiger partial charge is 0.221 e. The molecule has 1 saturated heterocycles. The lowest BCUT2D eigenvalue weighted by Gasteiger charge is -2.34. The van der Waals surface area contributed by atoms with Gasteiger partial charge in [-0.15, -0.1) is 6.58 Å². The summed E-state index contributed by atoms with van der Waals surface area (Å²) in [7, 11) is 1.68. The molecule has 2 N–H and O–H groups in total. The summed E-state index contributed by atoms with van der Waals surface area (Å²) in [5.41, 5.74) is 0. The SMILES string of the molecule is C=CCN1CCNCC1CC(=O)NC. The fraction of sp³-hybridized carbons (Fsp3) is 0.700. The highest BCUT2D eigenvalue weighted by Crippen LogP contribution is 2.06. The van der Waals surface area contributed by atoms with E-state index in [0.29, 0.717) is 12.5 Å². The average Bonchev–Trinajstić information content (AvgIpc) is 2.21. The minimum atomic E-state index is 0.104. The third-order valence-corrected chi connectivity index (χ3v) is 2.54. The van der Waals surface area contributed by atoms with Crippen molar-refractivity contribution in [2.45, 2.75) is 12.5 Å². The molecule has 0 aromatic carbocycles. The summed E-state index contributed by atoms with van der Waals surface area (Å²) in [4.78, 5) is 13.5. The Labute approximate surface area is 85.3 Å². The fourth-order valence-electron chi connectivity index (χ4n) is 1.73. The van der Waals surface area contributed by atoms with Crippen molar-refractivity contribution in [3.63, 3.8) is 0 Å². The van der Waals surface area contributed by atoms with Crippen molar-refractivity contribution in [3.05, 3.63) is 12.7 Å². The van der Waals surface area contributed by atoms with Crippen LogP contribution in [-0.2, 0) is 4.79 Å². The zero-order chi connectivity index (χ0) is 10.4. The molecular weight excluding hydrogens is 178 g/mol. The van der Waals surface area contributed by atoms with Crippen molar-refractivity contribution in [1.82, 2.24) is 15.5 Å². The lowest BCUT2D eigenvalue weighted by molar-refractivity contribution is -0.121. The van der Waals surface area contributed by atoms with E-state index in [2.05, 4.69) is 22.1 Å². The summed E-state index contributed by atoms with van der Waals surface area (Å²) < 4.78 is 0. The third-order valence-electron chi connectivity index (χ3n) is 2.54. The first kappa shape index (κ1) is 11.2. The number of amides is 1. The number of hydrogen-bond donors (Lipinski definition) is 2. The Hall–Kier alpha value is -0.870. The maximum Gasteiger partial charge on any atom is 0.221 e. The molecule has 1 heterocycles. The van der Waals surface area contributed by atoms with E-state index in [1.807, 2.05) is 6.08 Å². The van der Waals surface area contributed by atoms with Crippen molar-refractivity contribution >= 4 is 5.91 Å². The molecule has 0 saturated carbocycles. The summed E-state index contributed by atoms with van der Waals surface area (Å²) in [6.45, 7) is 7.47. The van der Waals surface area contributed by atoms with Crippen LogP contribution in [0.1, 0.15) is 6.42 Å². The van der Waals surface area contributed by atoms with E-state index in [-0.39, 0.29) is 5.91 Å². The highest BCUT2D eigenvalue weighted by Gasteiger charge is 2.22. The molecule has 1 atom stereocenters. The van der Waals surface area contributed by atoms with Gasteiger partial charge in [0, 0.05) is 45.7 Å². The molecule has 0 radical (unpaired) electrons. The van der Waals surface area contributed by atoms with Gasteiger partial charge in [0.2, 0.25) is 5.91 Å². The Morgan fingerprint density at radius 3 is 3.21 bits per heavy atom. The number of piperazine rings is 1. The predicted molar refractivity (Wildman–Crippen MR) is 57.1 cm³/mol. The molecule has 0 bridgehead atoms. The zero-order valence-corrected chi connectivity index (χ0v) is 8.75. The Bertz CT molecular complexity index is 206. The fourth-order valence-corrected chi connectivity index (χ4v) is 1.73. The number of rotatable bonds is 4. The monoisotopic (exact) mass is 197 g/mol. The van der Waals surface area contributed by atoms with E-state index in [9.17, 15) is 4.79 Å². The van der Waals surface area contributed by atoms with Gasteiger partial charge in [0.15, 0.2) is 0 Å². The summed E-state index contributed by atoms with van der Waals surface area (Å²) >= 11 is 0. The van der Waals surface area contributed by atoms with Gasteiger partial charge >= 0.3 is 0 Å². The maximum atomic E-state index is 11.2. The normalized spacial score (nSPS) is 23.1. The Balaban J connectivity index is 2.44. The first-order valence-corrected chi connectivity index (χ1v) is 5.04. The van der Waals surface area contributed by atoms with E-state index in [1.54, 1.807) is 7.05 Å². The van der Waals surface area contributed by atoms with Crippen LogP contribution in [0.5, 0.6) is 0 Å². The van der Waals surface area contributed by atoms with Crippen molar-refractivity contribution in [3.8, 4) is 0 Å². The number of nitrogens with one attached hydrogen (secondary N) is 2. The first-order chi connectivity index (χ1) is 6.77. The van der Waals surface area contributed by atoms with Crippen LogP contribution in [0.4, 0.5) is 0 Å². The standard InChI is InChI=1S/C10H19N3O/c1-3-5-13-6-4-12-8-9(13)7-10(14)11-2/h3,9,12H,1,4-8H2,2H3,(H,11,14). The van der Waals surface area contributed by atoms with Gasteiger partial charge in [-0.2, -0.15) is 0 Å². The first-order valence-electron chi connectivity index (χ1n) is 5.04. The van der Waals surface area contributed by atoms with Crippen molar-refractivity contribution < 1.29 is 4.79 Å². The van der Waals surface area contributed by atoms with Gasteiger partial charge in [-0.1, -0.05) is 6.08 Å². The highest BCUT2D eigenvalue weighted by atomic mass is 16.1. The Morgan fingerprint density at radius 1 is 1.79 bits per heavy atom. The van der Waals surface area contributed by atoms with E-state index >= 15 is 0 Å². The molecule has 0 aliphatic carbocycles. The third kappa shape index (κ3) is 3.12. The van der Waals surface area contributed by atoms with Gasteiger partial charge < -0.3 is 10.6 Å². The van der Waals surface area contributed by atoms with Crippen LogP contribution >= 0.6 is 0 Å². The molecule has 0 aromatic rings.